The summed E-state index contributed by atoms with van der Waals surface area (Å²) >= 11 is 8.02. The maximum atomic E-state index is 10.3. The van der Waals surface area contributed by atoms with Crippen molar-refractivity contribution in [2.75, 3.05) is 0 Å². The van der Waals surface area contributed by atoms with E-state index in [2.05, 4.69) is 50.4 Å². The number of hydrogen-bond acceptors (Lipinski definition) is 5. The van der Waals surface area contributed by atoms with Crippen LogP contribution in [0.5, 0.6) is 5.75 Å². The van der Waals surface area contributed by atoms with E-state index in [4.69, 9.17) is 21.4 Å². The van der Waals surface area contributed by atoms with Gasteiger partial charge >= 0.3 is 0 Å². The first-order valence-corrected chi connectivity index (χ1v) is 13.8. The molecule has 2 atom stereocenters. The Kier molecular flexibility index (Phi) is 9.59. The molecule has 2 unspecified atom stereocenters. The van der Waals surface area contributed by atoms with E-state index in [1.165, 1.54) is 10.6 Å². The van der Waals surface area contributed by atoms with E-state index >= 15 is 0 Å². The molecule has 2 aromatic rings. The SMILES string of the molecule is CC.CCC1=NC(C(C)Cc2c(SC(C)(C)C)c3cc(O)ccc3n2CC2=CC=C(Cl)C=C=C2)ON1. The van der Waals surface area contributed by atoms with E-state index in [0.717, 1.165) is 35.2 Å². The van der Waals surface area contributed by atoms with Gasteiger partial charge in [0.05, 0.1) is 0 Å². The van der Waals surface area contributed by atoms with Gasteiger partial charge in [-0.15, -0.1) is 17.5 Å². The van der Waals surface area contributed by atoms with Crippen molar-refractivity contribution >= 4 is 40.1 Å². The number of nitrogens with one attached hydrogen (secondary N) is 1. The second-order valence-corrected chi connectivity index (χ2v) is 12.0. The number of fused-ring (bicyclic) bond motifs is 1. The summed E-state index contributed by atoms with van der Waals surface area (Å²) in [6, 6.07) is 5.64. The number of aliphatic imine (C=N–C) groups is 1. The number of thioether (sulfide) groups is 1. The third kappa shape index (κ3) is 6.89. The first-order valence-electron chi connectivity index (χ1n) is 12.6. The number of benzene rings is 1. The Morgan fingerprint density at radius 2 is 2.00 bits per heavy atom. The minimum atomic E-state index is -0.232. The van der Waals surface area contributed by atoms with E-state index in [-0.39, 0.29) is 22.6 Å². The summed E-state index contributed by atoms with van der Waals surface area (Å²) < 4.78 is 2.35. The van der Waals surface area contributed by atoms with Gasteiger partial charge in [0.2, 0.25) is 0 Å². The summed E-state index contributed by atoms with van der Waals surface area (Å²) in [5.74, 6) is 1.31. The van der Waals surface area contributed by atoms with Crippen molar-refractivity contribution in [2.24, 2.45) is 10.9 Å². The van der Waals surface area contributed by atoms with Crippen molar-refractivity contribution in [1.29, 1.82) is 0 Å². The lowest BCUT2D eigenvalue weighted by Gasteiger charge is -2.22. The van der Waals surface area contributed by atoms with Gasteiger partial charge in [0, 0.05) is 50.2 Å². The number of phenols is 1. The van der Waals surface area contributed by atoms with Crippen LogP contribution in [0.15, 0.2) is 68.7 Å². The standard InChI is InChI=1S/C27H32ClN3O2S.C2H6/c1-6-24-29-26(33-30-24)17(2)14-23-25(34-27(3,4)5)21-15-20(32)12-13-22(21)31(23)16-18-8-7-9-19(28)11-10-18;1-2/h8-13,15,17,26,32H,6,14,16H2,1-5H3,(H,29,30);1-2H3. The highest BCUT2D eigenvalue weighted by atomic mass is 35.5. The van der Waals surface area contributed by atoms with Crippen LogP contribution in [0.3, 0.4) is 0 Å². The molecule has 4 rings (SSSR count). The molecule has 2 aliphatic rings. The normalized spacial score (nSPS) is 18.1. The fourth-order valence-electron chi connectivity index (χ4n) is 4.11. The second-order valence-electron chi connectivity index (χ2n) is 9.75. The van der Waals surface area contributed by atoms with Crippen LogP contribution in [0, 0.1) is 5.92 Å². The lowest BCUT2D eigenvalue weighted by Crippen LogP contribution is -2.24. The van der Waals surface area contributed by atoms with Gasteiger partial charge < -0.3 is 9.67 Å². The van der Waals surface area contributed by atoms with Gasteiger partial charge in [0.25, 0.3) is 0 Å². The molecule has 5 nitrogen and oxygen atoms in total. The number of halogens is 1. The predicted octanol–water partition coefficient (Wildman–Crippen LogP) is 7.89. The van der Waals surface area contributed by atoms with Crippen molar-refractivity contribution < 1.29 is 9.94 Å². The maximum Gasteiger partial charge on any atom is 0.179 e. The van der Waals surface area contributed by atoms with E-state index in [1.54, 1.807) is 12.1 Å². The minimum Gasteiger partial charge on any atom is -0.508 e. The Hall–Kier alpha value is -2.37. The topological polar surface area (TPSA) is 58.8 Å². The molecule has 1 aliphatic carbocycles. The molecule has 2 heterocycles. The fraction of sp³-hybridized carbons (Fsp3) is 0.448. The van der Waals surface area contributed by atoms with E-state index in [9.17, 15) is 5.11 Å². The van der Waals surface area contributed by atoms with Crippen molar-refractivity contribution in [3.8, 4) is 5.75 Å². The first kappa shape index (κ1) is 28.2. The van der Waals surface area contributed by atoms with Crippen molar-refractivity contribution in [3.63, 3.8) is 0 Å². The first-order chi connectivity index (χ1) is 17.1. The molecule has 36 heavy (non-hydrogen) atoms. The van der Waals surface area contributed by atoms with Gasteiger partial charge in [0.1, 0.15) is 11.6 Å². The number of hydroxylamine groups is 1. The Bertz CT molecular complexity index is 1240. The molecule has 1 aliphatic heterocycles. The van der Waals surface area contributed by atoms with Gasteiger partial charge in [-0.25, -0.2) is 9.83 Å². The lowest BCUT2D eigenvalue weighted by atomic mass is 10.0. The van der Waals surface area contributed by atoms with Crippen LogP contribution in [-0.2, 0) is 17.8 Å². The molecular formula is C29H38ClN3O2S. The second kappa shape index (κ2) is 12.2. The molecule has 1 aromatic heterocycles. The molecule has 0 radical (unpaired) electrons. The fourth-order valence-corrected chi connectivity index (χ4v) is 5.43. The molecule has 1 aromatic carbocycles. The van der Waals surface area contributed by atoms with Gasteiger partial charge in [-0.2, -0.15) is 0 Å². The number of amidine groups is 1. The third-order valence-corrected chi connectivity index (χ3v) is 7.22. The van der Waals surface area contributed by atoms with E-state index < -0.39 is 0 Å². The lowest BCUT2D eigenvalue weighted by molar-refractivity contribution is 0.00511. The Morgan fingerprint density at radius 1 is 1.25 bits per heavy atom. The average Bonchev–Trinajstić information content (AvgIpc) is 3.35. The number of allylic oxidation sites excluding steroid dienone is 5. The van der Waals surface area contributed by atoms with Crippen LogP contribution in [0.2, 0.25) is 0 Å². The highest BCUT2D eigenvalue weighted by molar-refractivity contribution is 8.00. The molecule has 0 saturated heterocycles. The zero-order chi connectivity index (χ0) is 26.5. The molecule has 2 N–H and O–H groups in total. The maximum absolute atomic E-state index is 10.3. The summed E-state index contributed by atoms with van der Waals surface area (Å²) in [5.41, 5.74) is 9.53. The molecule has 0 saturated carbocycles. The van der Waals surface area contributed by atoms with Crippen LogP contribution in [0.25, 0.3) is 10.9 Å². The number of hydrogen-bond donors (Lipinski definition) is 2. The summed E-state index contributed by atoms with van der Waals surface area (Å²) in [5, 5.41) is 12.1. The van der Waals surface area contributed by atoms with Crippen LogP contribution < -0.4 is 5.48 Å². The highest BCUT2D eigenvalue weighted by Crippen LogP contribution is 2.43. The summed E-state index contributed by atoms with van der Waals surface area (Å²) in [6.45, 7) is 15.6. The van der Waals surface area contributed by atoms with Crippen LogP contribution in [0.4, 0.5) is 0 Å². The van der Waals surface area contributed by atoms with Gasteiger partial charge in [-0.05, 0) is 48.4 Å². The van der Waals surface area contributed by atoms with Gasteiger partial charge in [-0.1, -0.05) is 66.1 Å². The smallest absolute Gasteiger partial charge is 0.179 e. The van der Waals surface area contributed by atoms with E-state index in [1.807, 2.05) is 56.0 Å². The number of rotatable bonds is 7. The van der Waals surface area contributed by atoms with Gasteiger partial charge in [0.15, 0.2) is 6.23 Å². The summed E-state index contributed by atoms with van der Waals surface area (Å²) in [6.07, 6.45) is 9.05. The monoisotopic (exact) mass is 527 g/mol. The van der Waals surface area contributed by atoms with Crippen molar-refractivity contribution in [2.45, 2.75) is 83.7 Å². The molecule has 0 bridgehead atoms. The predicted molar refractivity (Wildman–Crippen MR) is 154 cm³/mol. The number of aromatic nitrogens is 1. The number of phenolic OH excluding ortho intramolecular Hbond substituents is 1. The Morgan fingerprint density at radius 3 is 2.67 bits per heavy atom. The van der Waals surface area contributed by atoms with Crippen molar-refractivity contribution in [3.05, 3.63) is 64.5 Å². The van der Waals surface area contributed by atoms with Crippen LogP contribution >= 0.6 is 23.4 Å². The van der Waals surface area contributed by atoms with E-state index in [0.29, 0.717) is 11.6 Å². The zero-order valence-electron chi connectivity index (χ0n) is 22.4. The largest absolute Gasteiger partial charge is 0.508 e. The third-order valence-electron chi connectivity index (χ3n) is 5.72. The number of nitrogens with zero attached hydrogens (tertiary/aromatic N) is 2. The van der Waals surface area contributed by atoms with Gasteiger partial charge in [-0.3, -0.25) is 5.48 Å². The molecular weight excluding hydrogens is 490 g/mol. The van der Waals surface area contributed by atoms with Crippen molar-refractivity contribution in [1.82, 2.24) is 10.0 Å². The van der Waals surface area contributed by atoms with Crippen LogP contribution in [0.1, 0.15) is 60.6 Å². The Balaban J connectivity index is 0.00000176. The average molecular weight is 528 g/mol. The highest BCUT2D eigenvalue weighted by Gasteiger charge is 2.29. The van der Waals surface area contributed by atoms with Crippen LogP contribution in [-0.4, -0.2) is 26.5 Å². The minimum absolute atomic E-state index is 0.00198. The summed E-state index contributed by atoms with van der Waals surface area (Å²) in [7, 11) is 0. The number of aromatic hydroxyl groups is 1. The molecule has 194 valence electrons. The summed E-state index contributed by atoms with van der Waals surface area (Å²) in [4.78, 5) is 11.7. The molecule has 0 spiro atoms. The molecule has 0 fully saturated rings. The molecule has 0 amide bonds. The molecule has 7 heteroatoms. The Labute approximate surface area is 224 Å². The zero-order valence-corrected chi connectivity index (χ0v) is 23.9. The quantitative estimate of drug-likeness (QED) is 0.284.